The van der Waals surface area contributed by atoms with Gasteiger partial charge in [0.2, 0.25) is 0 Å². The van der Waals surface area contributed by atoms with E-state index < -0.39 is 0 Å². The molecule has 1 fully saturated rings. The van der Waals surface area contributed by atoms with Crippen LogP contribution in [0, 0.1) is 0 Å². The van der Waals surface area contributed by atoms with E-state index in [9.17, 15) is 4.79 Å². The number of rotatable bonds is 2. The summed E-state index contributed by atoms with van der Waals surface area (Å²) in [6.07, 6.45) is 4.40. The molecule has 1 aliphatic heterocycles. The molecular formula is C13H13ClN4O. The number of hydrogen-bond donors (Lipinski definition) is 0. The molecule has 1 aromatic heterocycles. The Labute approximate surface area is 115 Å². The van der Waals surface area contributed by atoms with Crippen LogP contribution in [-0.2, 0) is 0 Å². The maximum Gasteiger partial charge on any atom is 0.253 e. The average Bonchev–Trinajstić information content (AvgIpc) is 3.10. The van der Waals surface area contributed by atoms with Crippen molar-refractivity contribution in [3.63, 3.8) is 0 Å². The third-order valence-electron chi connectivity index (χ3n) is 3.36. The zero-order valence-corrected chi connectivity index (χ0v) is 11.0. The molecule has 1 aromatic carbocycles. The summed E-state index contributed by atoms with van der Waals surface area (Å²) in [5, 5.41) is 8.42. The molecule has 98 valence electrons. The van der Waals surface area contributed by atoms with E-state index in [-0.39, 0.29) is 11.9 Å². The van der Waals surface area contributed by atoms with Crippen molar-refractivity contribution in [2.45, 2.75) is 12.5 Å². The molecular weight excluding hydrogens is 264 g/mol. The van der Waals surface area contributed by atoms with Gasteiger partial charge in [-0.05, 0) is 30.7 Å². The Balaban J connectivity index is 1.71. The molecule has 2 heterocycles. The number of likely N-dealkylation sites (tertiary alicyclic amines) is 1. The monoisotopic (exact) mass is 276 g/mol. The van der Waals surface area contributed by atoms with Gasteiger partial charge in [0.1, 0.15) is 0 Å². The van der Waals surface area contributed by atoms with Crippen molar-refractivity contribution in [3.05, 3.63) is 47.2 Å². The molecule has 0 bridgehead atoms. The van der Waals surface area contributed by atoms with Gasteiger partial charge in [0, 0.05) is 29.9 Å². The van der Waals surface area contributed by atoms with Gasteiger partial charge in [-0.1, -0.05) is 16.8 Å². The van der Waals surface area contributed by atoms with E-state index in [0.717, 1.165) is 13.0 Å². The molecule has 0 N–H and O–H groups in total. The summed E-state index contributed by atoms with van der Waals surface area (Å²) >= 11 is 5.82. The first-order chi connectivity index (χ1) is 9.24. The number of nitrogens with zero attached hydrogens (tertiary/aromatic N) is 4. The van der Waals surface area contributed by atoms with Gasteiger partial charge in [0.25, 0.3) is 5.91 Å². The minimum Gasteiger partial charge on any atom is -0.336 e. The van der Waals surface area contributed by atoms with Crippen LogP contribution in [-0.4, -0.2) is 38.9 Å². The van der Waals surface area contributed by atoms with Gasteiger partial charge >= 0.3 is 0 Å². The Morgan fingerprint density at radius 1 is 1.32 bits per heavy atom. The van der Waals surface area contributed by atoms with Crippen molar-refractivity contribution >= 4 is 17.5 Å². The van der Waals surface area contributed by atoms with Crippen LogP contribution < -0.4 is 0 Å². The minimum atomic E-state index is 0.0410. The number of carbonyl (C=O) groups excluding carboxylic acids is 1. The van der Waals surface area contributed by atoms with Crippen LogP contribution in [0.3, 0.4) is 0 Å². The molecule has 1 atom stereocenters. The Hall–Kier alpha value is -1.88. The first-order valence-electron chi connectivity index (χ1n) is 6.14. The summed E-state index contributed by atoms with van der Waals surface area (Å²) < 4.78 is 1.81. The van der Waals surface area contributed by atoms with Crippen molar-refractivity contribution in [3.8, 4) is 0 Å². The molecule has 0 radical (unpaired) electrons. The molecule has 1 aliphatic rings. The van der Waals surface area contributed by atoms with Crippen LogP contribution in [0.15, 0.2) is 36.7 Å². The van der Waals surface area contributed by atoms with Gasteiger partial charge in [0.15, 0.2) is 0 Å². The summed E-state index contributed by atoms with van der Waals surface area (Å²) in [5.74, 6) is 0.0410. The zero-order chi connectivity index (χ0) is 13.2. The van der Waals surface area contributed by atoms with Crippen LogP contribution in [0.4, 0.5) is 0 Å². The Kier molecular flexibility index (Phi) is 3.21. The second-order valence-corrected chi connectivity index (χ2v) is 5.02. The van der Waals surface area contributed by atoms with Gasteiger partial charge in [0.05, 0.1) is 12.2 Å². The van der Waals surface area contributed by atoms with Gasteiger partial charge in [-0.25, -0.2) is 4.68 Å². The molecule has 0 spiro atoms. The summed E-state index contributed by atoms with van der Waals surface area (Å²) in [4.78, 5) is 14.2. The number of amides is 1. The Morgan fingerprint density at radius 3 is 2.79 bits per heavy atom. The number of halogens is 1. The molecule has 0 saturated carbocycles. The van der Waals surface area contributed by atoms with Gasteiger partial charge in [-0.2, -0.15) is 0 Å². The van der Waals surface area contributed by atoms with E-state index in [1.54, 1.807) is 30.5 Å². The number of carbonyl (C=O) groups is 1. The normalized spacial score (nSPS) is 18.8. The van der Waals surface area contributed by atoms with Crippen molar-refractivity contribution in [2.24, 2.45) is 0 Å². The molecule has 0 unspecified atom stereocenters. The average molecular weight is 277 g/mol. The Bertz CT molecular complexity index is 567. The highest BCUT2D eigenvalue weighted by Crippen LogP contribution is 2.22. The van der Waals surface area contributed by atoms with Crippen molar-refractivity contribution < 1.29 is 4.79 Å². The van der Waals surface area contributed by atoms with E-state index in [1.165, 1.54) is 0 Å². The van der Waals surface area contributed by atoms with Crippen LogP contribution in [0.2, 0.25) is 5.02 Å². The van der Waals surface area contributed by atoms with Crippen molar-refractivity contribution in [2.75, 3.05) is 13.1 Å². The largest absolute Gasteiger partial charge is 0.336 e. The van der Waals surface area contributed by atoms with E-state index in [4.69, 9.17) is 11.6 Å². The highest BCUT2D eigenvalue weighted by atomic mass is 35.5. The van der Waals surface area contributed by atoms with E-state index >= 15 is 0 Å². The SMILES string of the molecule is O=C(c1ccc(Cl)cc1)N1CC[C@@H](n2ccnn2)C1. The van der Waals surface area contributed by atoms with Crippen LogP contribution in [0.5, 0.6) is 0 Å². The fourth-order valence-corrected chi connectivity index (χ4v) is 2.46. The smallest absolute Gasteiger partial charge is 0.253 e. The summed E-state index contributed by atoms with van der Waals surface area (Å²) in [7, 11) is 0. The topological polar surface area (TPSA) is 51.0 Å². The maximum atomic E-state index is 12.3. The molecule has 19 heavy (non-hydrogen) atoms. The number of hydrogen-bond acceptors (Lipinski definition) is 3. The molecule has 3 rings (SSSR count). The molecule has 2 aromatic rings. The lowest BCUT2D eigenvalue weighted by atomic mass is 10.2. The van der Waals surface area contributed by atoms with Gasteiger partial charge in [-0.3, -0.25) is 4.79 Å². The highest BCUT2D eigenvalue weighted by Gasteiger charge is 2.28. The van der Waals surface area contributed by atoms with E-state index in [1.807, 2.05) is 15.8 Å². The minimum absolute atomic E-state index is 0.0410. The number of aromatic nitrogens is 3. The van der Waals surface area contributed by atoms with Gasteiger partial charge < -0.3 is 4.90 Å². The van der Waals surface area contributed by atoms with Gasteiger partial charge in [-0.15, -0.1) is 5.10 Å². The van der Waals surface area contributed by atoms with Crippen LogP contribution in [0.1, 0.15) is 22.8 Å². The van der Waals surface area contributed by atoms with Crippen LogP contribution in [0.25, 0.3) is 0 Å². The number of benzene rings is 1. The lowest BCUT2D eigenvalue weighted by Crippen LogP contribution is -2.29. The third-order valence-corrected chi connectivity index (χ3v) is 3.61. The second-order valence-electron chi connectivity index (χ2n) is 4.58. The summed E-state index contributed by atoms with van der Waals surface area (Å²) in [5.41, 5.74) is 0.670. The molecule has 5 nitrogen and oxygen atoms in total. The predicted molar refractivity (Wildman–Crippen MR) is 71.0 cm³/mol. The molecule has 1 saturated heterocycles. The summed E-state index contributed by atoms with van der Waals surface area (Å²) in [6.45, 7) is 1.41. The van der Waals surface area contributed by atoms with Crippen molar-refractivity contribution in [1.82, 2.24) is 19.9 Å². The highest BCUT2D eigenvalue weighted by molar-refractivity contribution is 6.30. The lowest BCUT2D eigenvalue weighted by molar-refractivity contribution is 0.0787. The second kappa shape index (κ2) is 5.01. The fraction of sp³-hybridized carbons (Fsp3) is 0.308. The standard InChI is InChI=1S/C13H13ClN4O/c14-11-3-1-10(2-4-11)13(19)17-7-5-12(9-17)18-8-6-15-16-18/h1-4,6,8,12H,5,7,9H2/t12-/m1/s1. The maximum absolute atomic E-state index is 12.3. The zero-order valence-electron chi connectivity index (χ0n) is 10.2. The van der Waals surface area contributed by atoms with E-state index in [2.05, 4.69) is 10.3 Å². The Morgan fingerprint density at radius 2 is 2.11 bits per heavy atom. The summed E-state index contributed by atoms with van der Waals surface area (Å²) in [6, 6.07) is 7.21. The third kappa shape index (κ3) is 2.46. The fourth-order valence-electron chi connectivity index (χ4n) is 2.33. The predicted octanol–water partition coefficient (Wildman–Crippen LogP) is 2.02. The van der Waals surface area contributed by atoms with Crippen LogP contribution >= 0.6 is 11.6 Å². The van der Waals surface area contributed by atoms with E-state index in [0.29, 0.717) is 17.1 Å². The molecule has 1 amide bonds. The first-order valence-corrected chi connectivity index (χ1v) is 6.52. The van der Waals surface area contributed by atoms with Crippen molar-refractivity contribution in [1.29, 1.82) is 0 Å². The quantitative estimate of drug-likeness (QED) is 0.843. The molecule has 6 heteroatoms. The lowest BCUT2D eigenvalue weighted by Gasteiger charge is -2.16. The first kappa shape index (κ1) is 12.2. The molecule has 0 aliphatic carbocycles.